The zero-order valence-electron chi connectivity index (χ0n) is 19.5. The van der Waals surface area contributed by atoms with Gasteiger partial charge >= 0.3 is 0 Å². The molecule has 1 aromatic heterocycles. The van der Waals surface area contributed by atoms with Crippen molar-refractivity contribution in [1.29, 1.82) is 0 Å². The Morgan fingerprint density at radius 1 is 1.03 bits per heavy atom. The number of rotatable bonds is 10. The molecule has 3 aromatic rings. The van der Waals surface area contributed by atoms with Crippen LogP contribution in [0, 0.1) is 25.2 Å². The summed E-state index contributed by atoms with van der Waals surface area (Å²) in [6, 6.07) is 15.7. The Balaban J connectivity index is 1.15. The molecule has 0 N–H and O–H groups in total. The molecule has 0 saturated heterocycles. The number of carbonyl (C=O) groups is 1. The average molecular weight is 447 g/mol. The second kappa shape index (κ2) is 8.32. The maximum absolute atomic E-state index is 12.7. The molecule has 6 heteroatoms. The maximum Gasteiger partial charge on any atom is 0.233 e. The van der Waals surface area contributed by atoms with Crippen LogP contribution in [-0.2, 0) is 16.8 Å². The summed E-state index contributed by atoms with van der Waals surface area (Å²) >= 11 is 0. The van der Waals surface area contributed by atoms with E-state index >= 15 is 0 Å². The van der Waals surface area contributed by atoms with Crippen molar-refractivity contribution in [1.82, 2.24) is 10.1 Å². The third-order valence-corrected chi connectivity index (χ3v) is 7.44. The van der Waals surface area contributed by atoms with E-state index in [0.717, 1.165) is 30.8 Å². The van der Waals surface area contributed by atoms with Gasteiger partial charge in [0.05, 0.1) is 5.41 Å². The van der Waals surface area contributed by atoms with Gasteiger partial charge in [0.15, 0.2) is 12.4 Å². The molecule has 0 spiro atoms. The van der Waals surface area contributed by atoms with Crippen LogP contribution in [0.5, 0.6) is 11.5 Å². The number of benzene rings is 2. The van der Waals surface area contributed by atoms with Crippen molar-refractivity contribution in [3.63, 3.8) is 0 Å². The molecule has 33 heavy (non-hydrogen) atoms. The first-order chi connectivity index (χ1) is 15.9. The Labute approximate surface area is 194 Å². The molecule has 2 aliphatic rings. The summed E-state index contributed by atoms with van der Waals surface area (Å²) in [6.45, 7) is 6.64. The smallest absolute Gasteiger partial charge is 0.233 e. The first-order valence-corrected chi connectivity index (χ1v) is 11.7. The summed E-state index contributed by atoms with van der Waals surface area (Å²) in [5, 5.41) is 4.13. The quantitative estimate of drug-likeness (QED) is 0.417. The molecule has 3 atom stereocenters. The second-order valence-corrected chi connectivity index (χ2v) is 9.74. The molecule has 0 radical (unpaired) electrons. The molecule has 6 nitrogen and oxygen atoms in total. The molecule has 2 aromatic carbocycles. The highest BCUT2D eigenvalue weighted by Crippen LogP contribution is 2.78. The molecule has 2 saturated carbocycles. The minimum Gasteiger partial charge on any atom is -0.486 e. The van der Waals surface area contributed by atoms with Gasteiger partial charge in [0.25, 0.3) is 0 Å². The lowest BCUT2D eigenvalue weighted by molar-refractivity contribution is -0.125. The highest BCUT2D eigenvalue weighted by atomic mass is 16.5. The van der Waals surface area contributed by atoms with Gasteiger partial charge in [0.2, 0.25) is 11.7 Å². The maximum atomic E-state index is 12.7. The lowest BCUT2D eigenvalue weighted by atomic mass is 9.58. The number of aryl methyl sites for hydroxylation is 2. The Bertz CT molecular complexity index is 1140. The number of aromatic nitrogens is 2. The number of fused-ring (bicyclic) bond motifs is 1. The molecule has 3 unspecified atom stereocenters. The molecule has 0 amide bonds. The van der Waals surface area contributed by atoms with Crippen molar-refractivity contribution >= 4 is 5.78 Å². The third-order valence-electron chi connectivity index (χ3n) is 7.44. The van der Waals surface area contributed by atoms with Gasteiger partial charge in [0, 0.05) is 6.42 Å². The van der Waals surface area contributed by atoms with E-state index in [2.05, 4.69) is 17.1 Å². The summed E-state index contributed by atoms with van der Waals surface area (Å²) in [5.41, 5.74) is 2.32. The van der Waals surface area contributed by atoms with Crippen LogP contribution < -0.4 is 9.47 Å². The number of Topliss-reactive ketones (excluding diaryl/α,β-unsaturated/α-hetero) is 1. The fourth-order valence-corrected chi connectivity index (χ4v) is 5.46. The van der Waals surface area contributed by atoms with Crippen LogP contribution in [0.15, 0.2) is 53.1 Å². The summed E-state index contributed by atoms with van der Waals surface area (Å²) < 4.78 is 17.1. The van der Waals surface area contributed by atoms with Crippen LogP contribution in [-0.4, -0.2) is 22.5 Å². The summed E-state index contributed by atoms with van der Waals surface area (Å²) in [7, 11) is 0. The van der Waals surface area contributed by atoms with Crippen molar-refractivity contribution in [2.75, 3.05) is 6.61 Å². The van der Waals surface area contributed by atoms with Crippen LogP contribution in [0.2, 0.25) is 0 Å². The fourth-order valence-electron chi connectivity index (χ4n) is 5.46. The molecule has 1 heterocycles. The van der Waals surface area contributed by atoms with Gasteiger partial charge < -0.3 is 14.0 Å². The van der Waals surface area contributed by atoms with Crippen molar-refractivity contribution in [2.45, 2.75) is 58.5 Å². The lowest BCUT2D eigenvalue weighted by Crippen LogP contribution is -2.43. The third kappa shape index (κ3) is 4.14. The van der Waals surface area contributed by atoms with Gasteiger partial charge in [-0.3, -0.25) is 4.79 Å². The van der Waals surface area contributed by atoms with Crippen LogP contribution in [0.3, 0.4) is 0 Å². The van der Waals surface area contributed by atoms with Crippen molar-refractivity contribution in [2.24, 2.45) is 11.3 Å². The van der Waals surface area contributed by atoms with E-state index in [1.54, 1.807) is 0 Å². The van der Waals surface area contributed by atoms with Gasteiger partial charge in [-0.1, -0.05) is 47.5 Å². The average Bonchev–Trinajstić information content (AvgIpc) is 3.20. The summed E-state index contributed by atoms with van der Waals surface area (Å²) in [6.07, 6.45) is 3.43. The predicted octanol–water partition coefficient (Wildman–Crippen LogP) is 5.36. The first kappa shape index (κ1) is 21.7. The van der Waals surface area contributed by atoms with E-state index < -0.39 is 0 Å². The number of hydrogen-bond acceptors (Lipinski definition) is 6. The number of carbonyl (C=O) groups excluding carboxylic acids is 1. The Kier molecular flexibility index (Phi) is 5.47. The first-order valence-electron chi connectivity index (χ1n) is 11.7. The van der Waals surface area contributed by atoms with Crippen LogP contribution in [0.4, 0.5) is 0 Å². The monoisotopic (exact) mass is 446 g/mol. The number of ketones is 1. The molecular formula is C27H30N2O4. The van der Waals surface area contributed by atoms with E-state index in [9.17, 15) is 4.79 Å². The molecule has 2 fully saturated rings. The van der Waals surface area contributed by atoms with Gasteiger partial charge in [-0.2, -0.15) is 4.98 Å². The van der Waals surface area contributed by atoms with Crippen molar-refractivity contribution < 1.29 is 18.8 Å². The Morgan fingerprint density at radius 2 is 1.67 bits per heavy atom. The highest BCUT2D eigenvalue weighted by Gasteiger charge is 2.77. The summed E-state index contributed by atoms with van der Waals surface area (Å²) in [5.74, 6) is 3.35. The Hall–Kier alpha value is -3.15. The molecule has 2 aliphatic carbocycles. The van der Waals surface area contributed by atoms with Crippen molar-refractivity contribution in [3.8, 4) is 11.5 Å². The van der Waals surface area contributed by atoms with E-state index in [0.29, 0.717) is 24.1 Å². The standard InChI is InChI=1S/C27H30N2O4/c1-4-26(13-20(30)15-31-21-9-5-18(2)6-10-21)17-27(14-23(26)27)25-28-24(29-33-25)16-32-22-11-7-19(3)8-12-22/h5-12,23H,4,13-17H2,1-3H3. The second-order valence-electron chi connectivity index (χ2n) is 9.74. The van der Waals surface area contributed by atoms with E-state index in [-0.39, 0.29) is 29.8 Å². The molecule has 0 bridgehead atoms. The number of hydrogen-bond donors (Lipinski definition) is 0. The van der Waals surface area contributed by atoms with Crippen LogP contribution in [0.1, 0.15) is 55.4 Å². The van der Waals surface area contributed by atoms with Crippen molar-refractivity contribution in [3.05, 3.63) is 71.4 Å². The number of ether oxygens (including phenoxy) is 2. The molecular weight excluding hydrogens is 416 g/mol. The van der Waals surface area contributed by atoms with Gasteiger partial charge in [0.1, 0.15) is 18.1 Å². The zero-order chi connectivity index (χ0) is 23.1. The van der Waals surface area contributed by atoms with E-state index in [1.165, 1.54) is 11.1 Å². The zero-order valence-corrected chi connectivity index (χ0v) is 19.5. The van der Waals surface area contributed by atoms with E-state index in [4.69, 9.17) is 14.0 Å². The highest BCUT2D eigenvalue weighted by molar-refractivity contribution is 5.81. The Morgan fingerprint density at radius 3 is 2.27 bits per heavy atom. The van der Waals surface area contributed by atoms with Gasteiger partial charge in [-0.05, 0) is 68.7 Å². The molecule has 0 aliphatic heterocycles. The SMILES string of the molecule is CCC1(CC(=O)COc2ccc(C)cc2)CC2(c3nc(COc4ccc(C)cc4)no3)CC12. The summed E-state index contributed by atoms with van der Waals surface area (Å²) in [4.78, 5) is 17.3. The number of nitrogens with zero attached hydrogens (tertiary/aromatic N) is 2. The van der Waals surface area contributed by atoms with Gasteiger partial charge in [-0.25, -0.2) is 0 Å². The van der Waals surface area contributed by atoms with Gasteiger partial charge in [-0.15, -0.1) is 0 Å². The topological polar surface area (TPSA) is 74.5 Å². The predicted molar refractivity (Wildman–Crippen MR) is 123 cm³/mol. The molecule has 172 valence electrons. The normalized spacial score (nSPS) is 25.1. The minimum atomic E-state index is -0.0524. The van der Waals surface area contributed by atoms with Crippen LogP contribution in [0.25, 0.3) is 0 Å². The largest absolute Gasteiger partial charge is 0.486 e. The lowest BCUT2D eigenvalue weighted by Gasteiger charge is -2.45. The minimum absolute atomic E-state index is 0.0146. The van der Waals surface area contributed by atoms with E-state index in [1.807, 2.05) is 62.4 Å². The fraction of sp³-hybridized carbons (Fsp3) is 0.444. The van der Waals surface area contributed by atoms with Crippen LogP contribution >= 0.6 is 0 Å². The molecule has 5 rings (SSSR count).